The molecule has 4 aromatic rings. The van der Waals surface area contributed by atoms with Crippen molar-refractivity contribution in [2.24, 2.45) is 7.05 Å². The van der Waals surface area contributed by atoms with Gasteiger partial charge in [-0.15, -0.1) is 0 Å². The summed E-state index contributed by atoms with van der Waals surface area (Å²) in [6.07, 6.45) is 2.63. The molecule has 0 aliphatic carbocycles. The number of rotatable bonds is 3. The average Bonchev–Trinajstić information content (AvgIpc) is 3.25. The summed E-state index contributed by atoms with van der Waals surface area (Å²) in [7, 11) is 1.72. The van der Waals surface area contributed by atoms with Crippen LogP contribution in [0.3, 0.4) is 0 Å². The van der Waals surface area contributed by atoms with Gasteiger partial charge in [-0.25, -0.2) is 4.98 Å². The Morgan fingerprint density at radius 2 is 1.94 bits per heavy atom. The first-order valence-corrected chi connectivity index (χ1v) is 11.1. The Hall–Kier alpha value is -3.59. The van der Waals surface area contributed by atoms with Crippen LogP contribution in [0.4, 0.5) is 5.69 Å². The molecule has 1 aliphatic heterocycles. The standard InChI is InChI=1S/C26H26N4O2/c1-4-26(25-28-20-15-17(2)9-10-22(20)32-25)11-13-30(14-12-26)23-18-7-5-6-8-21(18)29(3)24(31)19(23)16-27/h5-10,15H,4,11-14H2,1-3H3. The normalized spacial score (nSPS) is 15.9. The van der Waals surface area contributed by atoms with Gasteiger partial charge in [-0.3, -0.25) is 4.79 Å². The number of nitrogens with zero attached hydrogens (tertiary/aromatic N) is 4. The number of hydrogen-bond donors (Lipinski definition) is 0. The Morgan fingerprint density at radius 1 is 1.19 bits per heavy atom. The molecule has 2 aromatic carbocycles. The van der Waals surface area contributed by atoms with Crippen LogP contribution in [0.2, 0.25) is 0 Å². The third-order valence-electron chi connectivity index (χ3n) is 7.10. The lowest BCUT2D eigenvalue weighted by Crippen LogP contribution is -2.43. The van der Waals surface area contributed by atoms with Crippen LogP contribution in [0.1, 0.15) is 43.2 Å². The van der Waals surface area contributed by atoms with Gasteiger partial charge in [0.25, 0.3) is 5.56 Å². The van der Waals surface area contributed by atoms with E-state index in [1.807, 2.05) is 36.4 Å². The second kappa shape index (κ2) is 7.52. The van der Waals surface area contributed by atoms with E-state index in [9.17, 15) is 10.1 Å². The van der Waals surface area contributed by atoms with Crippen LogP contribution in [-0.4, -0.2) is 22.6 Å². The van der Waals surface area contributed by atoms with Crippen LogP contribution >= 0.6 is 0 Å². The molecule has 1 fully saturated rings. The number of fused-ring (bicyclic) bond motifs is 2. The largest absolute Gasteiger partial charge is 0.440 e. The second-order valence-electron chi connectivity index (χ2n) is 8.83. The van der Waals surface area contributed by atoms with Gasteiger partial charge in [-0.2, -0.15) is 5.26 Å². The molecule has 6 heteroatoms. The van der Waals surface area contributed by atoms with Crippen LogP contribution in [0.15, 0.2) is 51.7 Å². The van der Waals surface area contributed by atoms with Crippen molar-refractivity contribution in [2.45, 2.75) is 38.5 Å². The topological polar surface area (TPSA) is 75.1 Å². The molecular formula is C26H26N4O2. The SMILES string of the molecule is CCC1(c2nc3cc(C)ccc3o2)CCN(c2c(C#N)c(=O)n(C)c3ccccc23)CC1. The molecular weight excluding hydrogens is 400 g/mol. The molecule has 6 nitrogen and oxygen atoms in total. The van der Waals surface area contributed by atoms with E-state index in [0.717, 1.165) is 65.9 Å². The molecule has 0 amide bonds. The zero-order chi connectivity index (χ0) is 22.5. The lowest BCUT2D eigenvalue weighted by atomic mass is 9.75. The van der Waals surface area contributed by atoms with E-state index >= 15 is 0 Å². The zero-order valence-electron chi connectivity index (χ0n) is 18.7. The summed E-state index contributed by atoms with van der Waals surface area (Å²) in [6.45, 7) is 5.71. The highest BCUT2D eigenvalue weighted by atomic mass is 16.3. The Kier molecular flexibility index (Phi) is 4.78. The second-order valence-corrected chi connectivity index (χ2v) is 8.83. The first kappa shape index (κ1) is 20.3. The lowest BCUT2D eigenvalue weighted by Gasteiger charge is -2.40. The Bertz CT molecular complexity index is 1430. The molecule has 0 saturated carbocycles. The van der Waals surface area contributed by atoms with Crippen LogP contribution in [0.5, 0.6) is 0 Å². The minimum absolute atomic E-state index is 0.147. The summed E-state index contributed by atoms with van der Waals surface area (Å²) in [6, 6.07) is 16.1. The summed E-state index contributed by atoms with van der Waals surface area (Å²) in [5.41, 5.74) is 4.31. The van der Waals surface area contributed by atoms with Gasteiger partial charge in [0.1, 0.15) is 17.1 Å². The highest BCUT2D eigenvalue weighted by molar-refractivity contribution is 5.95. The maximum atomic E-state index is 12.9. The fourth-order valence-electron chi connectivity index (χ4n) is 5.05. The van der Waals surface area contributed by atoms with Crippen LogP contribution in [-0.2, 0) is 12.5 Å². The number of benzene rings is 2. The van der Waals surface area contributed by atoms with Crippen LogP contribution < -0.4 is 10.5 Å². The third kappa shape index (κ3) is 3.00. The monoisotopic (exact) mass is 426 g/mol. The Balaban J connectivity index is 1.54. The number of hydrogen-bond acceptors (Lipinski definition) is 5. The number of anilines is 1. The average molecular weight is 427 g/mol. The quantitative estimate of drug-likeness (QED) is 0.470. The van der Waals surface area contributed by atoms with E-state index in [-0.39, 0.29) is 16.5 Å². The van der Waals surface area contributed by atoms with Crippen molar-refractivity contribution in [3.8, 4) is 6.07 Å². The number of oxazole rings is 1. The first-order valence-electron chi connectivity index (χ1n) is 11.1. The van der Waals surface area contributed by atoms with Crippen molar-refractivity contribution in [1.29, 1.82) is 5.26 Å². The summed E-state index contributed by atoms with van der Waals surface area (Å²) in [4.78, 5) is 20.0. The van der Waals surface area contributed by atoms with Crippen molar-refractivity contribution in [3.05, 3.63) is 69.8 Å². The van der Waals surface area contributed by atoms with E-state index in [1.165, 1.54) is 5.56 Å². The number of aromatic nitrogens is 2. The van der Waals surface area contributed by atoms with Crippen molar-refractivity contribution in [3.63, 3.8) is 0 Å². The highest BCUT2D eigenvalue weighted by Crippen LogP contribution is 2.41. The van der Waals surface area contributed by atoms with Crippen molar-refractivity contribution in [1.82, 2.24) is 9.55 Å². The molecule has 0 unspecified atom stereocenters. The molecule has 5 rings (SSSR count). The summed E-state index contributed by atoms with van der Waals surface area (Å²) >= 11 is 0. The van der Waals surface area contributed by atoms with E-state index in [2.05, 4.69) is 30.9 Å². The predicted molar refractivity (Wildman–Crippen MR) is 126 cm³/mol. The molecule has 32 heavy (non-hydrogen) atoms. The molecule has 2 aromatic heterocycles. The Labute approximate surface area is 186 Å². The first-order chi connectivity index (χ1) is 15.5. The van der Waals surface area contributed by atoms with Gasteiger partial charge in [-0.05, 0) is 49.9 Å². The zero-order valence-corrected chi connectivity index (χ0v) is 18.7. The van der Waals surface area contributed by atoms with E-state index in [4.69, 9.17) is 9.40 Å². The summed E-state index contributed by atoms with van der Waals surface area (Å²) in [5, 5.41) is 10.8. The lowest BCUT2D eigenvalue weighted by molar-refractivity contribution is 0.259. The molecule has 0 spiro atoms. The van der Waals surface area contributed by atoms with Crippen LogP contribution in [0, 0.1) is 18.3 Å². The molecule has 0 bridgehead atoms. The summed E-state index contributed by atoms with van der Waals surface area (Å²) in [5.74, 6) is 0.801. The molecule has 162 valence electrons. The number of pyridine rings is 1. The van der Waals surface area contributed by atoms with Gasteiger partial charge in [0.05, 0.1) is 16.6 Å². The smallest absolute Gasteiger partial charge is 0.270 e. The number of aryl methyl sites for hydroxylation is 2. The van der Waals surface area contributed by atoms with E-state index in [1.54, 1.807) is 11.6 Å². The van der Waals surface area contributed by atoms with Crippen molar-refractivity contribution in [2.75, 3.05) is 18.0 Å². The maximum Gasteiger partial charge on any atom is 0.270 e. The van der Waals surface area contributed by atoms with Crippen molar-refractivity contribution < 1.29 is 4.42 Å². The predicted octanol–water partition coefficient (Wildman–Crippen LogP) is 4.81. The Morgan fingerprint density at radius 3 is 2.66 bits per heavy atom. The molecule has 0 radical (unpaired) electrons. The van der Waals surface area contributed by atoms with Gasteiger partial charge in [0.2, 0.25) is 5.89 Å². The fourth-order valence-corrected chi connectivity index (χ4v) is 5.05. The molecule has 1 saturated heterocycles. The van der Waals surface area contributed by atoms with E-state index < -0.39 is 0 Å². The van der Waals surface area contributed by atoms with E-state index in [0.29, 0.717) is 0 Å². The number of nitriles is 1. The highest BCUT2D eigenvalue weighted by Gasteiger charge is 2.40. The number of piperidine rings is 1. The third-order valence-corrected chi connectivity index (χ3v) is 7.10. The maximum absolute atomic E-state index is 12.9. The minimum atomic E-state index is -0.247. The summed E-state index contributed by atoms with van der Waals surface area (Å²) < 4.78 is 7.78. The molecule has 0 N–H and O–H groups in total. The van der Waals surface area contributed by atoms with Gasteiger partial charge >= 0.3 is 0 Å². The van der Waals surface area contributed by atoms with Gasteiger partial charge in [0, 0.05) is 25.5 Å². The fraction of sp³-hybridized carbons (Fsp3) is 0.346. The molecule has 1 aliphatic rings. The van der Waals surface area contributed by atoms with Crippen LogP contribution in [0.25, 0.3) is 22.0 Å². The number of para-hydroxylation sites is 1. The van der Waals surface area contributed by atoms with Gasteiger partial charge in [0.15, 0.2) is 5.58 Å². The van der Waals surface area contributed by atoms with Gasteiger partial charge in [-0.1, -0.05) is 31.2 Å². The molecule has 0 atom stereocenters. The van der Waals surface area contributed by atoms with Crippen molar-refractivity contribution >= 4 is 27.7 Å². The van der Waals surface area contributed by atoms with Gasteiger partial charge < -0.3 is 13.9 Å². The molecule has 3 heterocycles. The minimum Gasteiger partial charge on any atom is -0.440 e.